The molecule has 0 amide bonds. The molecule has 0 aliphatic heterocycles. The normalized spacial score (nSPS) is 9.33. The van der Waals surface area contributed by atoms with Crippen LogP contribution >= 0.6 is 0 Å². The summed E-state index contributed by atoms with van der Waals surface area (Å²) in [6.07, 6.45) is -0.0117. The van der Waals surface area contributed by atoms with Gasteiger partial charge in [0.05, 0.1) is 13.0 Å². The fourth-order valence-corrected chi connectivity index (χ4v) is 0.990. The average Bonchev–Trinajstić information content (AvgIpc) is 2.02. The van der Waals surface area contributed by atoms with Crippen LogP contribution in [0.15, 0.2) is 0 Å². The SMILES string of the molecule is CCOC(=O)C(=O)CC(=O)CC(C)C.[NaH]. The molecule has 82 valence electrons. The minimum atomic E-state index is -0.912. The summed E-state index contributed by atoms with van der Waals surface area (Å²) >= 11 is 0. The van der Waals surface area contributed by atoms with Crippen LogP contribution < -0.4 is 0 Å². The van der Waals surface area contributed by atoms with Gasteiger partial charge in [0.1, 0.15) is 5.78 Å². The Morgan fingerprint density at radius 1 is 1.20 bits per heavy atom. The molecule has 0 aliphatic rings. The molecular formula is C10H17NaO4. The van der Waals surface area contributed by atoms with Crippen molar-refractivity contribution in [3.8, 4) is 0 Å². The summed E-state index contributed by atoms with van der Waals surface area (Å²) in [5.41, 5.74) is 0. The number of ketones is 2. The molecule has 0 radical (unpaired) electrons. The molecule has 0 aromatic rings. The molecular weight excluding hydrogens is 207 g/mol. The zero-order valence-electron chi connectivity index (χ0n) is 8.83. The molecule has 0 fully saturated rings. The summed E-state index contributed by atoms with van der Waals surface area (Å²) in [7, 11) is 0. The van der Waals surface area contributed by atoms with Gasteiger partial charge in [-0.25, -0.2) is 4.79 Å². The first kappa shape index (κ1) is 17.2. The van der Waals surface area contributed by atoms with Gasteiger partial charge in [0, 0.05) is 6.42 Å². The fraction of sp³-hybridized carbons (Fsp3) is 0.700. The standard InChI is InChI=1S/C10H16O4.Na.H/c1-4-14-10(13)9(12)6-8(11)5-7(2)3;;/h7H,4-6H2,1-3H3;;. The predicted molar refractivity (Wildman–Crippen MR) is 57.9 cm³/mol. The van der Waals surface area contributed by atoms with E-state index in [1.54, 1.807) is 6.92 Å². The first-order chi connectivity index (χ1) is 6.47. The van der Waals surface area contributed by atoms with Gasteiger partial charge >= 0.3 is 35.5 Å². The van der Waals surface area contributed by atoms with Crippen molar-refractivity contribution in [1.82, 2.24) is 0 Å². The fourth-order valence-electron chi connectivity index (χ4n) is 0.990. The summed E-state index contributed by atoms with van der Waals surface area (Å²) in [4.78, 5) is 33.0. The predicted octanol–water partition coefficient (Wildman–Crippen LogP) is 0.475. The van der Waals surface area contributed by atoms with E-state index in [2.05, 4.69) is 4.74 Å². The van der Waals surface area contributed by atoms with Gasteiger partial charge in [-0.2, -0.15) is 0 Å². The van der Waals surface area contributed by atoms with Crippen LogP contribution in [0.4, 0.5) is 0 Å². The number of Topliss-reactive ketones (excluding diaryl/α,β-unsaturated/α-hetero) is 2. The Morgan fingerprint density at radius 2 is 1.73 bits per heavy atom. The number of rotatable bonds is 6. The van der Waals surface area contributed by atoms with Crippen molar-refractivity contribution >= 4 is 47.1 Å². The molecule has 0 atom stereocenters. The van der Waals surface area contributed by atoms with Crippen LogP contribution in [0.3, 0.4) is 0 Å². The van der Waals surface area contributed by atoms with E-state index in [0.717, 1.165) is 0 Å². The summed E-state index contributed by atoms with van der Waals surface area (Å²) in [6, 6.07) is 0. The van der Waals surface area contributed by atoms with Crippen molar-refractivity contribution in [2.24, 2.45) is 5.92 Å². The van der Waals surface area contributed by atoms with Gasteiger partial charge in [0.25, 0.3) is 0 Å². The number of ether oxygens (including phenoxy) is 1. The van der Waals surface area contributed by atoms with Crippen molar-refractivity contribution in [3.63, 3.8) is 0 Å². The van der Waals surface area contributed by atoms with Crippen LogP contribution in [0.25, 0.3) is 0 Å². The van der Waals surface area contributed by atoms with Crippen LogP contribution in [0, 0.1) is 5.92 Å². The molecule has 5 heteroatoms. The second-order valence-corrected chi connectivity index (χ2v) is 3.46. The number of esters is 1. The van der Waals surface area contributed by atoms with Gasteiger partial charge in [-0.1, -0.05) is 13.8 Å². The minimum absolute atomic E-state index is 0. The van der Waals surface area contributed by atoms with Crippen molar-refractivity contribution in [3.05, 3.63) is 0 Å². The Morgan fingerprint density at radius 3 is 2.13 bits per heavy atom. The first-order valence-electron chi connectivity index (χ1n) is 4.69. The Balaban J connectivity index is 0. The summed E-state index contributed by atoms with van der Waals surface area (Å²) in [6.45, 7) is 5.53. The van der Waals surface area contributed by atoms with E-state index < -0.39 is 11.8 Å². The van der Waals surface area contributed by atoms with E-state index in [1.807, 2.05) is 13.8 Å². The van der Waals surface area contributed by atoms with E-state index in [9.17, 15) is 14.4 Å². The molecule has 0 aliphatic carbocycles. The molecule has 0 rings (SSSR count). The van der Waals surface area contributed by atoms with Gasteiger partial charge in [-0.15, -0.1) is 0 Å². The van der Waals surface area contributed by atoms with Crippen molar-refractivity contribution in [2.75, 3.05) is 6.61 Å². The number of hydrogen-bond acceptors (Lipinski definition) is 4. The van der Waals surface area contributed by atoms with Crippen LogP contribution in [-0.4, -0.2) is 53.7 Å². The van der Waals surface area contributed by atoms with Crippen molar-refractivity contribution < 1.29 is 19.1 Å². The molecule has 0 bridgehead atoms. The van der Waals surface area contributed by atoms with Gasteiger partial charge in [-0.3, -0.25) is 9.59 Å². The Labute approximate surface area is 112 Å². The van der Waals surface area contributed by atoms with Crippen molar-refractivity contribution in [2.45, 2.75) is 33.6 Å². The summed E-state index contributed by atoms with van der Waals surface area (Å²) < 4.78 is 4.47. The van der Waals surface area contributed by atoms with Gasteiger partial charge in [0.15, 0.2) is 0 Å². The van der Waals surface area contributed by atoms with E-state index in [4.69, 9.17) is 0 Å². The van der Waals surface area contributed by atoms with E-state index >= 15 is 0 Å². The van der Waals surface area contributed by atoms with E-state index in [-0.39, 0.29) is 54.3 Å². The molecule has 0 saturated carbocycles. The topological polar surface area (TPSA) is 60.4 Å². The molecule has 0 N–H and O–H groups in total. The van der Waals surface area contributed by atoms with E-state index in [1.165, 1.54) is 0 Å². The first-order valence-corrected chi connectivity index (χ1v) is 4.69. The third kappa shape index (κ3) is 8.78. The zero-order valence-corrected chi connectivity index (χ0v) is 8.83. The quantitative estimate of drug-likeness (QED) is 0.285. The monoisotopic (exact) mass is 224 g/mol. The Kier molecular flexibility index (Phi) is 10.4. The number of carbonyl (C=O) groups excluding carboxylic acids is 3. The van der Waals surface area contributed by atoms with Gasteiger partial charge in [0.2, 0.25) is 5.78 Å². The van der Waals surface area contributed by atoms with Crippen LogP contribution in [-0.2, 0) is 19.1 Å². The molecule has 0 aromatic heterocycles. The third-order valence-electron chi connectivity index (χ3n) is 1.50. The maximum absolute atomic E-state index is 11.1. The van der Waals surface area contributed by atoms with E-state index in [0.29, 0.717) is 6.42 Å². The summed E-state index contributed by atoms with van der Waals surface area (Å²) in [5.74, 6) is -1.67. The third-order valence-corrected chi connectivity index (χ3v) is 1.50. The zero-order chi connectivity index (χ0) is 11.1. The number of carbonyl (C=O) groups is 3. The average molecular weight is 224 g/mol. The maximum atomic E-state index is 11.1. The Bertz CT molecular complexity index is 236. The second-order valence-electron chi connectivity index (χ2n) is 3.46. The van der Waals surface area contributed by atoms with Gasteiger partial charge in [-0.05, 0) is 12.8 Å². The molecule has 4 nitrogen and oxygen atoms in total. The van der Waals surface area contributed by atoms with Gasteiger partial charge < -0.3 is 4.74 Å². The molecule has 15 heavy (non-hydrogen) atoms. The molecule has 0 unspecified atom stereocenters. The van der Waals surface area contributed by atoms with Crippen LogP contribution in [0.5, 0.6) is 0 Å². The van der Waals surface area contributed by atoms with Crippen LogP contribution in [0.1, 0.15) is 33.6 Å². The van der Waals surface area contributed by atoms with Crippen LogP contribution in [0.2, 0.25) is 0 Å². The van der Waals surface area contributed by atoms with Crippen molar-refractivity contribution in [1.29, 1.82) is 0 Å². The molecule has 0 saturated heterocycles. The molecule has 0 aromatic carbocycles. The number of hydrogen-bond donors (Lipinski definition) is 0. The molecule has 0 heterocycles. The summed E-state index contributed by atoms with van der Waals surface area (Å²) in [5, 5.41) is 0. The second kappa shape index (κ2) is 9.07. The molecule has 0 spiro atoms. The Hall–Kier alpha value is -0.190.